The van der Waals surface area contributed by atoms with E-state index in [1.54, 1.807) is 5.37 Å². The van der Waals surface area contributed by atoms with E-state index in [1.165, 1.54) is 6.21 Å². The summed E-state index contributed by atoms with van der Waals surface area (Å²) in [5, 5.41) is 14.9. The number of aryl methyl sites for hydroxylation is 1. The van der Waals surface area contributed by atoms with E-state index in [0.717, 1.165) is 37.0 Å². The zero-order valence-electron chi connectivity index (χ0n) is 23.2. The van der Waals surface area contributed by atoms with Gasteiger partial charge >= 0.3 is 0 Å². The van der Waals surface area contributed by atoms with Crippen molar-refractivity contribution in [1.82, 2.24) is 30.5 Å². The van der Waals surface area contributed by atoms with E-state index in [2.05, 4.69) is 37.4 Å². The summed E-state index contributed by atoms with van der Waals surface area (Å²) in [6.07, 6.45) is 4.00. The Morgan fingerprint density at radius 1 is 1.32 bits per heavy atom. The topological polar surface area (TPSA) is 130 Å². The summed E-state index contributed by atoms with van der Waals surface area (Å²) in [5.74, 6) is 6.40. The fourth-order valence-corrected chi connectivity index (χ4v) is 6.03. The lowest BCUT2D eigenvalue weighted by molar-refractivity contribution is -0.116. The van der Waals surface area contributed by atoms with Crippen LogP contribution in [0.1, 0.15) is 47.9 Å². The van der Waals surface area contributed by atoms with Crippen molar-refractivity contribution in [3.63, 3.8) is 0 Å². The van der Waals surface area contributed by atoms with Gasteiger partial charge in [0.1, 0.15) is 35.0 Å². The highest BCUT2D eigenvalue weighted by Crippen LogP contribution is 2.33. The third kappa shape index (κ3) is 4.91. The molecule has 0 saturated carbocycles. The van der Waals surface area contributed by atoms with Crippen molar-refractivity contribution in [2.45, 2.75) is 44.7 Å². The average Bonchev–Trinajstić information content (AvgIpc) is 3.61. The van der Waals surface area contributed by atoms with Crippen molar-refractivity contribution in [1.29, 1.82) is 0 Å². The Kier molecular flexibility index (Phi) is 6.91. The fraction of sp³-hybridized carbons (Fsp3) is 0.414. The summed E-state index contributed by atoms with van der Waals surface area (Å²) in [6, 6.07) is 3.31. The standard InChI is InChI=1S/C29H31N9O2S/c1-17-14-20-21(15-18(17)28(40)38-11-6-7-12-38)34-26(33-20)22-23(24-29(2,35-27(22)39)16-37(3)36-24)32-19(8-13-41)25-30-9-4-5-10-31-25/h9,13-15,19,32H,6-8,10-12,16H2,1-3H3,(H,33,34)(H,35,39)/t19-,29?/m0/s1. The van der Waals surface area contributed by atoms with Crippen molar-refractivity contribution in [3.8, 4) is 11.8 Å². The van der Waals surface area contributed by atoms with Crippen LogP contribution in [0.25, 0.3) is 16.6 Å². The highest BCUT2D eigenvalue weighted by atomic mass is 32.1. The Morgan fingerprint density at radius 2 is 2.12 bits per heavy atom. The van der Waals surface area contributed by atoms with Crippen molar-refractivity contribution < 1.29 is 9.59 Å². The number of carbonyl (C=O) groups excluding carboxylic acids is 2. The predicted octanol–water partition coefficient (Wildman–Crippen LogP) is 1.84. The molecule has 3 N–H and O–H groups in total. The van der Waals surface area contributed by atoms with Crippen molar-refractivity contribution >= 4 is 63.8 Å². The lowest BCUT2D eigenvalue weighted by Gasteiger charge is -2.35. The number of rotatable bonds is 7. The van der Waals surface area contributed by atoms with E-state index < -0.39 is 11.6 Å². The molecule has 1 aromatic carbocycles. The third-order valence-electron chi connectivity index (χ3n) is 7.78. The number of aromatic amines is 1. The molecule has 0 aliphatic carbocycles. The Hall–Kier alpha value is -4.37. The van der Waals surface area contributed by atoms with Gasteiger partial charge in [0.2, 0.25) is 0 Å². The largest absolute Gasteiger partial charge is 0.372 e. The van der Waals surface area contributed by atoms with Gasteiger partial charge in [-0.2, -0.15) is 5.10 Å². The van der Waals surface area contributed by atoms with Crippen molar-refractivity contribution in [3.05, 3.63) is 34.8 Å². The summed E-state index contributed by atoms with van der Waals surface area (Å²) in [7, 11) is 1.87. The van der Waals surface area contributed by atoms with Crippen LogP contribution in [0.4, 0.5) is 0 Å². The first-order chi connectivity index (χ1) is 19.8. The number of hydrogen-bond donors (Lipinski definition) is 3. The second kappa shape index (κ2) is 10.6. The van der Waals surface area contributed by atoms with Crippen LogP contribution in [0.15, 0.2) is 32.9 Å². The molecule has 2 amide bonds. The SMILES string of the molecule is Cc1cc2[nH]c(C3=C(N[C@@H](CC=S)C4=NCC#CC=N4)C4=NN(C)CC4(C)NC3=O)nc2cc1C(=O)N1CCCC1. The van der Waals surface area contributed by atoms with Gasteiger partial charge in [0, 0.05) is 32.1 Å². The van der Waals surface area contributed by atoms with Crippen molar-refractivity contribution in [2.75, 3.05) is 33.2 Å². The van der Waals surface area contributed by atoms with Crippen LogP contribution in [0.5, 0.6) is 0 Å². The number of thiocarbonyl (C=S) groups is 1. The zero-order valence-corrected chi connectivity index (χ0v) is 24.1. The number of likely N-dealkylation sites (N-methyl/N-ethyl adjacent to an activating group) is 1. The molecule has 1 saturated heterocycles. The molecular weight excluding hydrogens is 538 g/mol. The fourth-order valence-electron chi connectivity index (χ4n) is 5.84. The van der Waals surface area contributed by atoms with Crippen LogP contribution in [0.2, 0.25) is 0 Å². The molecule has 5 heterocycles. The minimum Gasteiger partial charge on any atom is -0.372 e. The van der Waals surface area contributed by atoms with E-state index in [-0.39, 0.29) is 11.8 Å². The molecule has 4 aliphatic rings. The molecule has 6 rings (SSSR count). The maximum atomic E-state index is 13.8. The zero-order chi connectivity index (χ0) is 28.7. The average molecular weight is 570 g/mol. The number of aromatic nitrogens is 2. The van der Waals surface area contributed by atoms with Gasteiger partial charge in [-0.05, 0) is 49.8 Å². The number of hydrogen-bond acceptors (Lipinski definition) is 9. The molecule has 0 radical (unpaired) electrons. The molecule has 1 aromatic heterocycles. The maximum Gasteiger partial charge on any atom is 0.258 e. The van der Waals surface area contributed by atoms with Gasteiger partial charge < -0.3 is 20.5 Å². The van der Waals surface area contributed by atoms with E-state index >= 15 is 0 Å². The second-order valence-corrected chi connectivity index (χ2v) is 11.3. The molecule has 12 heteroatoms. The number of hydrazone groups is 1. The number of carbonyl (C=O) groups is 2. The van der Waals surface area contributed by atoms with Crippen molar-refractivity contribution in [2.24, 2.45) is 15.1 Å². The van der Waals surface area contributed by atoms with E-state index in [9.17, 15) is 9.59 Å². The summed E-state index contributed by atoms with van der Waals surface area (Å²) in [4.78, 5) is 46.0. The normalized spacial score (nSPS) is 22.5. The van der Waals surface area contributed by atoms with Gasteiger partial charge in [0.05, 0.1) is 35.5 Å². The van der Waals surface area contributed by atoms with Crippen LogP contribution in [-0.4, -0.2) is 99.6 Å². The lowest BCUT2D eigenvalue weighted by Crippen LogP contribution is -2.60. The summed E-state index contributed by atoms with van der Waals surface area (Å²) in [5.41, 5.74) is 3.65. The van der Waals surface area contributed by atoms with Crippen LogP contribution in [0, 0.1) is 18.8 Å². The lowest BCUT2D eigenvalue weighted by atomic mass is 9.86. The van der Waals surface area contributed by atoms with Gasteiger partial charge in [-0.1, -0.05) is 24.1 Å². The predicted molar refractivity (Wildman–Crippen MR) is 163 cm³/mol. The molecule has 41 heavy (non-hydrogen) atoms. The van der Waals surface area contributed by atoms with Gasteiger partial charge in [0.15, 0.2) is 0 Å². The number of nitrogens with zero attached hydrogens (tertiary/aromatic N) is 6. The van der Waals surface area contributed by atoms with Gasteiger partial charge in [0.25, 0.3) is 11.8 Å². The Balaban J connectivity index is 1.47. The van der Waals surface area contributed by atoms with Crippen LogP contribution in [0.3, 0.4) is 0 Å². The van der Waals surface area contributed by atoms with Gasteiger partial charge in [-0.25, -0.2) is 9.98 Å². The Bertz CT molecular complexity index is 1650. The Morgan fingerprint density at radius 3 is 2.90 bits per heavy atom. The van der Waals surface area contributed by atoms with E-state index in [0.29, 0.717) is 59.2 Å². The molecule has 0 spiro atoms. The molecule has 210 valence electrons. The summed E-state index contributed by atoms with van der Waals surface area (Å²) in [6.45, 7) is 6.24. The van der Waals surface area contributed by atoms with Crippen LogP contribution < -0.4 is 10.6 Å². The first-order valence-electron chi connectivity index (χ1n) is 13.7. The van der Waals surface area contributed by atoms with E-state index in [1.807, 2.05) is 42.9 Å². The number of benzene rings is 1. The number of amidine groups is 1. The molecule has 1 fully saturated rings. The number of amides is 2. The second-order valence-electron chi connectivity index (χ2n) is 10.9. The smallest absolute Gasteiger partial charge is 0.258 e. The minimum atomic E-state index is -0.713. The molecular formula is C29H31N9O2S. The number of imidazole rings is 1. The highest BCUT2D eigenvalue weighted by Gasteiger charge is 2.47. The molecule has 2 atom stereocenters. The summed E-state index contributed by atoms with van der Waals surface area (Å²) < 4.78 is 0. The molecule has 1 unspecified atom stereocenters. The number of likely N-dealkylation sites (tertiary alicyclic amines) is 1. The number of fused-ring (bicyclic) bond motifs is 2. The first-order valence-corrected chi connectivity index (χ1v) is 14.2. The monoisotopic (exact) mass is 569 g/mol. The molecule has 4 aliphatic heterocycles. The first kappa shape index (κ1) is 26.8. The molecule has 0 bridgehead atoms. The van der Waals surface area contributed by atoms with Gasteiger partial charge in [-0.3, -0.25) is 19.6 Å². The number of nitrogens with one attached hydrogen (secondary N) is 3. The molecule has 11 nitrogen and oxygen atoms in total. The quantitative estimate of drug-likeness (QED) is 0.345. The Labute approximate surface area is 243 Å². The number of H-pyrrole nitrogens is 1. The van der Waals surface area contributed by atoms with E-state index in [4.69, 9.17) is 22.3 Å². The van der Waals surface area contributed by atoms with Gasteiger partial charge in [-0.15, -0.1) is 0 Å². The maximum absolute atomic E-state index is 13.8. The minimum absolute atomic E-state index is 0.0132. The van der Waals surface area contributed by atoms with Crippen LogP contribution in [-0.2, 0) is 4.79 Å². The van der Waals surface area contributed by atoms with Crippen LogP contribution >= 0.6 is 12.2 Å². The highest BCUT2D eigenvalue weighted by molar-refractivity contribution is 7.78. The molecule has 2 aromatic rings. The number of aliphatic imine (C=N–C) groups is 2. The third-order valence-corrected chi connectivity index (χ3v) is 7.97. The summed E-state index contributed by atoms with van der Waals surface area (Å²) >= 11 is 5.22.